The molecule has 1 heterocycles. The van der Waals surface area contributed by atoms with Crippen LogP contribution in [0.1, 0.15) is 11.1 Å². The largest absolute Gasteiger partial charge is 0.378 e. The first-order valence-corrected chi connectivity index (χ1v) is 7.88. The highest BCUT2D eigenvalue weighted by atomic mass is 32.2. The molecule has 1 aromatic rings. The van der Waals surface area contributed by atoms with Gasteiger partial charge in [0, 0.05) is 18.8 Å². The fourth-order valence-electron chi connectivity index (χ4n) is 2.05. The zero-order valence-corrected chi connectivity index (χ0v) is 12.2. The Kier molecular flexibility index (Phi) is 5.54. The van der Waals surface area contributed by atoms with Crippen LogP contribution in [0.5, 0.6) is 0 Å². The first-order chi connectivity index (χ1) is 9.29. The summed E-state index contributed by atoms with van der Waals surface area (Å²) in [5.41, 5.74) is 8.56. The summed E-state index contributed by atoms with van der Waals surface area (Å²) in [5, 5.41) is 0. The summed E-state index contributed by atoms with van der Waals surface area (Å²) in [6.07, 6.45) is 2.11. The molecule has 1 saturated heterocycles. The van der Waals surface area contributed by atoms with E-state index in [0.29, 0.717) is 12.5 Å². The highest BCUT2D eigenvalue weighted by Crippen LogP contribution is 2.12. The van der Waals surface area contributed by atoms with E-state index in [4.69, 9.17) is 10.5 Å². The lowest BCUT2D eigenvalue weighted by Gasteiger charge is -2.27. The van der Waals surface area contributed by atoms with Gasteiger partial charge in [-0.05, 0) is 17.4 Å². The zero-order chi connectivity index (χ0) is 13.5. The molecule has 0 atom stereocenters. The van der Waals surface area contributed by atoms with Crippen molar-refractivity contribution >= 4 is 17.7 Å². The second kappa shape index (κ2) is 7.40. The number of ether oxygens (including phenoxy) is 1. The number of nitrogens with two attached hydrogens (primary N) is 1. The van der Waals surface area contributed by atoms with E-state index in [1.807, 2.05) is 11.8 Å². The van der Waals surface area contributed by atoms with E-state index in [-0.39, 0.29) is 0 Å². The summed E-state index contributed by atoms with van der Waals surface area (Å²) in [6, 6.07) is 8.53. The van der Waals surface area contributed by atoms with Crippen LogP contribution in [0.25, 0.3) is 0 Å². The molecule has 0 spiro atoms. The first-order valence-electron chi connectivity index (χ1n) is 6.49. The van der Waals surface area contributed by atoms with Gasteiger partial charge in [-0.25, -0.2) is 4.99 Å². The first kappa shape index (κ1) is 14.2. The number of nitrogens with zero attached hydrogens (tertiary/aromatic N) is 2. The molecule has 5 heteroatoms. The lowest BCUT2D eigenvalue weighted by molar-refractivity contribution is 0.0674. The summed E-state index contributed by atoms with van der Waals surface area (Å²) in [5.74, 6) is 1.66. The SMILES string of the molecule is CSCc1cccc(CN=C(N)N2CCOCC2)c1. The molecule has 2 rings (SSSR count). The van der Waals surface area contributed by atoms with E-state index in [1.165, 1.54) is 11.1 Å². The lowest BCUT2D eigenvalue weighted by Crippen LogP contribution is -2.44. The fraction of sp³-hybridized carbons (Fsp3) is 0.500. The van der Waals surface area contributed by atoms with E-state index in [1.54, 1.807) is 0 Å². The van der Waals surface area contributed by atoms with Gasteiger partial charge in [-0.3, -0.25) is 0 Å². The maximum atomic E-state index is 6.01. The molecule has 0 amide bonds. The number of hydrogen-bond donors (Lipinski definition) is 1. The Bertz CT molecular complexity index is 430. The fourth-order valence-corrected chi connectivity index (χ4v) is 2.56. The van der Waals surface area contributed by atoms with Crippen molar-refractivity contribution in [2.75, 3.05) is 32.6 Å². The molecule has 4 nitrogen and oxygen atoms in total. The smallest absolute Gasteiger partial charge is 0.191 e. The second-order valence-electron chi connectivity index (χ2n) is 4.53. The molecular formula is C14H21N3OS. The molecule has 104 valence electrons. The summed E-state index contributed by atoms with van der Waals surface area (Å²) >= 11 is 1.83. The lowest BCUT2D eigenvalue weighted by atomic mass is 10.1. The summed E-state index contributed by atoms with van der Waals surface area (Å²) < 4.78 is 5.30. The van der Waals surface area contributed by atoms with Crippen LogP contribution in [-0.2, 0) is 17.0 Å². The summed E-state index contributed by atoms with van der Waals surface area (Å²) in [6.45, 7) is 3.79. The van der Waals surface area contributed by atoms with E-state index >= 15 is 0 Å². The van der Waals surface area contributed by atoms with Gasteiger partial charge in [0.15, 0.2) is 5.96 Å². The van der Waals surface area contributed by atoms with E-state index in [0.717, 1.165) is 32.1 Å². The van der Waals surface area contributed by atoms with Crippen LogP contribution in [0.15, 0.2) is 29.3 Å². The van der Waals surface area contributed by atoms with Crippen LogP contribution in [-0.4, -0.2) is 43.4 Å². The Balaban J connectivity index is 1.94. The average molecular weight is 279 g/mol. The third-order valence-corrected chi connectivity index (χ3v) is 3.68. The third-order valence-electron chi connectivity index (χ3n) is 3.06. The molecule has 1 fully saturated rings. The van der Waals surface area contributed by atoms with Gasteiger partial charge in [-0.15, -0.1) is 0 Å². The van der Waals surface area contributed by atoms with Crippen LogP contribution < -0.4 is 5.73 Å². The predicted molar refractivity (Wildman–Crippen MR) is 81.4 cm³/mol. The Hall–Kier alpha value is -1.20. The quantitative estimate of drug-likeness (QED) is 0.673. The van der Waals surface area contributed by atoms with Crippen molar-refractivity contribution < 1.29 is 4.74 Å². The molecule has 0 unspecified atom stereocenters. The molecule has 0 aromatic heterocycles. The summed E-state index contributed by atoms with van der Waals surface area (Å²) in [7, 11) is 0. The van der Waals surface area contributed by atoms with Gasteiger partial charge in [0.05, 0.1) is 19.8 Å². The van der Waals surface area contributed by atoms with E-state index in [9.17, 15) is 0 Å². The number of thioether (sulfide) groups is 1. The van der Waals surface area contributed by atoms with Gasteiger partial charge in [0.1, 0.15) is 0 Å². The predicted octanol–water partition coefficient (Wildman–Crippen LogP) is 1.70. The van der Waals surface area contributed by atoms with Gasteiger partial charge in [0.2, 0.25) is 0 Å². The maximum Gasteiger partial charge on any atom is 0.191 e. The molecule has 19 heavy (non-hydrogen) atoms. The number of rotatable bonds is 4. The minimum atomic E-state index is 0.624. The molecule has 1 aliphatic rings. The van der Waals surface area contributed by atoms with Crippen LogP contribution in [0.4, 0.5) is 0 Å². The minimum Gasteiger partial charge on any atom is -0.378 e. The van der Waals surface area contributed by atoms with Crippen molar-refractivity contribution in [2.45, 2.75) is 12.3 Å². The molecular weight excluding hydrogens is 258 g/mol. The monoisotopic (exact) mass is 279 g/mol. The number of benzene rings is 1. The molecule has 2 N–H and O–H groups in total. The van der Waals surface area contributed by atoms with Crippen molar-refractivity contribution in [3.8, 4) is 0 Å². The molecule has 0 saturated carbocycles. The van der Waals surface area contributed by atoms with Gasteiger partial charge in [-0.2, -0.15) is 11.8 Å². The van der Waals surface area contributed by atoms with Crippen molar-refractivity contribution in [1.82, 2.24) is 4.90 Å². The highest BCUT2D eigenvalue weighted by molar-refractivity contribution is 7.97. The molecule has 0 bridgehead atoms. The van der Waals surface area contributed by atoms with Crippen LogP contribution >= 0.6 is 11.8 Å². The van der Waals surface area contributed by atoms with Crippen molar-refractivity contribution in [1.29, 1.82) is 0 Å². The highest BCUT2D eigenvalue weighted by Gasteiger charge is 2.11. The Morgan fingerprint density at radius 1 is 1.37 bits per heavy atom. The standard InChI is InChI=1S/C14H21N3OS/c1-19-11-13-4-2-3-12(9-13)10-16-14(15)17-5-7-18-8-6-17/h2-4,9H,5-8,10-11H2,1H3,(H2,15,16). The van der Waals surface area contributed by atoms with Gasteiger partial charge < -0.3 is 15.4 Å². The van der Waals surface area contributed by atoms with Gasteiger partial charge in [-0.1, -0.05) is 24.3 Å². The van der Waals surface area contributed by atoms with Crippen LogP contribution in [0.3, 0.4) is 0 Å². The van der Waals surface area contributed by atoms with Gasteiger partial charge in [0.25, 0.3) is 0 Å². The maximum absolute atomic E-state index is 6.01. The number of morpholine rings is 1. The zero-order valence-electron chi connectivity index (χ0n) is 11.3. The van der Waals surface area contributed by atoms with Crippen molar-refractivity contribution in [2.24, 2.45) is 10.7 Å². The van der Waals surface area contributed by atoms with E-state index < -0.39 is 0 Å². The Morgan fingerprint density at radius 2 is 2.11 bits per heavy atom. The topological polar surface area (TPSA) is 50.8 Å². The number of aliphatic imine (C=N–C) groups is 1. The van der Waals surface area contributed by atoms with Crippen molar-refractivity contribution in [3.05, 3.63) is 35.4 Å². The molecule has 0 aliphatic carbocycles. The van der Waals surface area contributed by atoms with Crippen LogP contribution in [0.2, 0.25) is 0 Å². The van der Waals surface area contributed by atoms with Gasteiger partial charge >= 0.3 is 0 Å². The summed E-state index contributed by atoms with van der Waals surface area (Å²) in [4.78, 5) is 6.56. The van der Waals surface area contributed by atoms with Crippen molar-refractivity contribution in [3.63, 3.8) is 0 Å². The average Bonchev–Trinajstić information content (AvgIpc) is 2.46. The molecule has 0 radical (unpaired) electrons. The second-order valence-corrected chi connectivity index (χ2v) is 5.39. The molecule has 1 aromatic carbocycles. The Morgan fingerprint density at radius 3 is 2.84 bits per heavy atom. The Labute approximate surface area is 119 Å². The molecule has 1 aliphatic heterocycles. The number of hydrogen-bond acceptors (Lipinski definition) is 3. The minimum absolute atomic E-state index is 0.624. The third kappa shape index (κ3) is 4.44. The van der Waals surface area contributed by atoms with E-state index in [2.05, 4.69) is 40.4 Å². The van der Waals surface area contributed by atoms with Crippen LogP contribution in [0, 0.1) is 0 Å². The number of guanidine groups is 1. The normalized spacial score (nSPS) is 16.7.